The minimum Gasteiger partial charge on any atom is -0.488 e. The second kappa shape index (κ2) is 5.02. The van der Waals surface area contributed by atoms with Crippen molar-refractivity contribution in [1.29, 1.82) is 0 Å². The van der Waals surface area contributed by atoms with Crippen molar-refractivity contribution in [1.82, 2.24) is 5.32 Å². The molecule has 1 atom stereocenters. The van der Waals surface area contributed by atoms with Crippen LogP contribution in [-0.4, -0.2) is 13.7 Å². The standard InChI is InChI=1S/C13H16BrNO/c1-9(14)8-16-13-5-3-4-10-11(13)6-7-12(10)15-2/h3-5,12,15H,1,6-8H2,2H3. The molecule has 1 aliphatic carbocycles. The van der Waals surface area contributed by atoms with Crippen molar-refractivity contribution in [2.75, 3.05) is 13.7 Å². The van der Waals surface area contributed by atoms with E-state index in [1.54, 1.807) is 0 Å². The molecule has 0 radical (unpaired) electrons. The topological polar surface area (TPSA) is 21.3 Å². The molecule has 0 aromatic heterocycles. The molecule has 2 nitrogen and oxygen atoms in total. The molecule has 1 unspecified atom stereocenters. The van der Waals surface area contributed by atoms with Gasteiger partial charge in [-0.05, 0) is 37.1 Å². The third-order valence-electron chi connectivity index (χ3n) is 2.96. The average Bonchev–Trinajstić information content (AvgIpc) is 2.69. The normalized spacial score (nSPS) is 18.2. The van der Waals surface area contributed by atoms with E-state index < -0.39 is 0 Å². The van der Waals surface area contributed by atoms with Gasteiger partial charge >= 0.3 is 0 Å². The van der Waals surface area contributed by atoms with Gasteiger partial charge in [-0.2, -0.15) is 0 Å². The molecule has 16 heavy (non-hydrogen) atoms. The molecule has 1 aromatic carbocycles. The Balaban J connectivity index is 2.21. The summed E-state index contributed by atoms with van der Waals surface area (Å²) in [6.45, 7) is 4.30. The van der Waals surface area contributed by atoms with Crippen molar-refractivity contribution in [3.63, 3.8) is 0 Å². The fourth-order valence-corrected chi connectivity index (χ4v) is 2.33. The first kappa shape index (κ1) is 11.7. The van der Waals surface area contributed by atoms with Gasteiger partial charge in [0.05, 0.1) is 0 Å². The van der Waals surface area contributed by atoms with Gasteiger partial charge in [-0.15, -0.1) is 0 Å². The van der Waals surface area contributed by atoms with Crippen molar-refractivity contribution in [2.45, 2.75) is 18.9 Å². The molecule has 0 saturated carbocycles. The van der Waals surface area contributed by atoms with Gasteiger partial charge < -0.3 is 10.1 Å². The highest BCUT2D eigenvalue weighted by molar-refractivity contribution is 9.11. The maximum absolute atomic E-state index is 5.73. The van der Waals surface area contributed by atoms with Crippen molar-refractivity contribution >= 4 is 15.9 Å². The SMILES string of the molecule is C=C(Br)COc1cccc2c1CCC2NC. The average molecular weight is 282 g/mol. The lowest BCUT2D eigenvalue weighted by Crippen LogP contribution is -2.12. The first-order chi connectivity index (χ1) is 7.72. The van der Waals surface area contributed by atoms with Crippen LogP contribution in [0.1, 0.15) is 23.6 Å². The van der Waals surface area contributed by atoms with Crippen LogP contribution in [0.5, 0.6) is 5.75 Å². The Bertz CT molecular complexity index is 403. The Hall–Kier alpha value is -0.800. The van der Waals surface area contributed by atoms with E-state index in [4.69, 9.17) is 4.74 Å². The van der Waals surface area contributed by atoms with E-state index in [1.165, 1.54) is 11.1 Å². The highest BCUT2D eigenvalue weighted by Crippen LogP contribution is 2.36. The summed E-state index contributed by atoms with van der Waals surface area (Å²) < 4.78 is 6.60. The molecule has 2 rings (SSSR count). The monoisotopic (exact) mass is 281 g/mol. The molecular weight excluding hydrogens is 266 g/mol. The molecule has 1 aliphatic rings. The first-order valence-electron chi connectivity index (χ1n) is 5.47. The van der Waals surface area contributed by atoms with Crippen LogP contribution in [0.3, 0.4) is 0 Å². The fraction of sp³-hybridized carbons (Fsp3) is 0.385. The smallest absolute Gasteiger partial charge is 0.123 e. The highest BCUT2D eigenvalue weighted by atomic mass is 79.9. The zero-order chi connectivity index (χ0) is 11.5. The van der Waals surface area contributed by atoms with Gasteiger partial charge in [-0.3, -0.25) is 0 Å². The Morgan fingerprint density at radius 1 is 1.62 bits per heavy atom. The van der Waals surface area contributed by atoms with E-state index >= 15 is 0 Å². The largest absolute Gasteiger partial charge is 0.488 e. The molecule has 0 spiro atoms. The zero-order valence-electron chi connectivity index (χ0n) is 9.42. The van der Waals surface area contributed by atoms with Crippen LogP contribution in [-0.2, 0) is 6.42 Å². The number of halogens is 1. The van der Waals surface area contributed by atoms with E-state index in [1.807, 2.05) is 13.1 Å². The lowest BCUT2D eigenvalue weighted by atomic mass is 10.1. The van der Waals surface area contributed by atoms with E-state index in [2.05, 4.69) is 40.0 Å². The second-order valence-electron chi connectivity index (χ2n) is 4.01. The summed E-state index contributed by atoms with van der Waals surface area (Å²) in [7, 11) is 2.01. The molecule has 0 amide bonds. The van der Waals surface area contributed by atoms with Crippen LogP contribution in [0.2, 0.25) is 0 Å². The van der Waals surface area contributed by atoms with Crippen molar-refractivity contribution in [3.8, 4) is 5.75 Å². The van der Waals surface area contributed by atoms with Crippen LogP contribution in [0.15, 0.2) is 29.3 Å². The Morgan fingerprint density at radius 3 is 3.12 bits per heavy atom. The number of fused-ring (bicyclic) bond motifs is 1. The summed E-state index contributed by atoms with van der Waals surface area (Å²) in [5.41, 5.74) is 2.72. The van der Waals surface area contributed by atoms with Crippen LogP contribution < -0.4 is 10.1 Å². The van der Waals surface area contributed by atoms with E-state index in [0.29, 0.717) is 12.6 Å². The van der Waals surface area contributed by atoms with E-state index in [9.17, 15) is 0 Å². The summed E-state index contributed by atoms with van der Waals surface area (Å²) in [6, 6.07) is 6.75. The lowest BCUT2D eigenvalue weighted by Gasteiger charge is -2.12. The lowest BCUT2D eigenvalue weighted by molar-refractivity contribution is 0.357. The number of nitrogens with one attached hydrogen (secondary N) is 1. The quantitative estimate of drug-likeness (QED) is 0.915. The maximum Gasteiger partial charge on any atom is 0.123 e. The summed E-state index contributed by atoms with van der Waals surface area (Å²) >= 11 is 3.31. The third kappa shape index (κ3) is 2.30. The van der Waals surface area contributed by atoms with Gasteiger partial charge in [0.1, 0.15) is 12.4 Å². The maximum atomic E-state index is 5.73. The number of hydrogen-bond donors (Lipinski definition) is 1. The van der Waals surface area contributed by atoms with Crippen LogP contribution in [0.4, 0.5) is 0 Å². The van der Waals surface area contributed by atoms with E-state index in [0.717, 1.165) is 23.1 Å². The Labute approximate surface area is 105 Å². The van der Waals surface area contributed by atoms with Crippen molar-refractivity contribution < 1.29 is 4.74 Å². The summed E-state index contributed by atoms with van der Waals surface area (Å²) in [6.07, 6.45) is 2.24. The predicted octanol–water partition coefficient (Wildman–Crippen LogP) is 3.18. The minimum atomic E-state index is 0.478. The molecule has 0 aliphatic heterocycles. The van der Waals surface area contributed by atoms with E-state index in [-0.39, 0.29) is 0 Å². The van der Waals surface area contributed by atoms with Crippen LogP contribution in [0, 0.1) is 0 Å². The van der Waals surface area contributed by atoms with Crippen LogP contribution in [0.25, 0.3) is 0 Å². The molecule has 1 N–H and O–H groups in total. The number of benzene rings is 1. The molecule has 0 bridgehead atoms. The predicted molar refractivity (Wildman–Crippen MR) is 70.1 cm³/mol. The fourth-order valence-electron chi connectivity index (χ4n) is 2.21. The van der Waals surface area contributed by atoms with Gasteiger partial charge in [0.15, 0.2) is 0 Å². The third-order valence-corrected chi connectivity index (χ3v) is 3.19. The van der Waals surface area contributed by atoms with Gasteiger partial charge in [-0.25, -0.2) is 0 Å². The molecule has 1 aromatic rings. The second-order valence-corrected chi connectivity index (χ2v) is 5.13. The van der Waals surface area contributed by atoms with Crippen molar-refractivity contribution in [3.05, 3.63) is 40.4 Å². The zero-order valence-corrected chi connectivity index (χ0v) is 11.0. The number of ether oxygens (including phenoxy) is 1. The molecule has 0 fully saturated rings. The molecule has 3 heteroatoms. The molecule has 0 saturated heterocycles. The Kier molecular flexibility index (Phi) is 3.66. The van der Waals surface area contributed by atoms with Gasteiger partial charge in [0.2, 0.25) is 0 Å². The van der Waals surface area contributed by atoms with Gasteiger partial charge in [0, 0.05) is 10.5 Å². The molecule has 86 valence electrons. The van der Waals surface area contributed by atoms with Crippen molar-refractivity contribution in [2.24, 2.45) is 0 Å². The van der Waals surface area contributed by atoms with Crippen LogP contribution >= 0.6 is 15.9 Å². The number of rotatable bonds is 4. The number of hydrogen-bond acceptors (Lipinski definition) is 2. The highest BCUT2D eigenvalue weighted by Gasteiger charge is 2.23. The Morgan fingerprint density at radius 2 is 2.44 bits per heavy atom. The summed E-state index contributed by atoms with van der Waals surface area (Å²) in [5.74, 6) is 0.996. The summed E-state index contributed by atoms with van der Waals surface area (Å²) in [5, 5.41) is 3.33. The van der Waals surface area contributed by atoms with Gasteiger partial charge in [0.25, 0.3) is 0 Å². The van der Waals surface area contributed by atoms with Gasteiger partial charge in [-0.1, -0.05) is 34.6 Å². The molecular formula is C13H16BrNO. The minimum absolute atomic E-state index is 0.478. The summed E-state index contributed by atoms with van der Waals surface area (Å²) in [4.78, 5) is 0. The first-order valence-corrected chi connectivity index (χ1v) is 6.27. The molecule has 0 heterocycles.